The van der Waals surface area contributed by atoms with Crippen molar-refractivity contribution in [1.29, 1.82) is 0 Å². The van der Waals surface area contributed by atoms with E-state index in [0.717, 1.165) is 11.1 Å². The van der Waals surface area contributed by atoms with Crippen molar-refractivity contribution in [3.63, 3.8) is 0 Å². The number of halogens is 4. The molecule has 6 nitrogen and oxygen atoms in total. The van der Waals surface area contributed by atoms with Gasteiger partial charge in [-0.2, -0.15) is 13.2 Å². The first-order chi connectivity index (χ1) is 15.3. The second kappa shape index (κ2) is 12.4. The van der Waals surface area contributed by atoms with Gasteiger partial charge >= 0.3 is 6.18 Å². The van der Waals surface area contributed by atoms with Crippen LogP contribution in [0, 0.1) is 0 Å². The van der Waals surface area contributed by atoms with E-state index in [0.29, 0.717) is 51.8 Å². The molecule has 1 atom stereocenters. The number of nitrogens with zero attached hydrogens (tertiary/aromatic N) is 4. The molecule has 1 N–H and O–H groups in total. The number of guanidine groups is 1. The van der Waals surface area contributed by atoms with Gasteiger partial charge in [0.2, 0.25) is 0 Å². The van der Waals surface area contributed by atoms with E-state index in [1.165, 1.54) is 17.9 Å². The monoisotopic (exact) mass is 577 g/mol. The molecule has 0 radical (unpaired) electrons. The Hall–Kier alpha value is -2.08. The van der Waals surface area contributed by atoms with Gasteiger partial charge in [-0.15, -0.1) is 24.0 Å². The summed E-state index contributed by atoms with van der Waals surface area (Å²) in [5.74, 6) is 0.715. The molecule has 2 aromatic rings. The van der Waals surface area contributed by atoms with Gasteiger partial charge in [0.25, 0.3) is 5.56 Å². The van der Waals surface area contributed by atoms with Gasteiger partial charge in [-0.05, 0) is 31.0 Å². The summed E-state index contributed by atoms with van der Waals surface area (Å²) in [5.41, 5.74) is 2.00. The molecule has 0 saturated carbocycles. The second-order valence-electron chi connectivity index (χ2n) is 7.89. The highest BCUT2D eigenvalue weighted by molar-refractivity contribution is 14.0. The lowest BCUT2D eigenvalue weighted by Gasteiger charge is -2.39. The van der Waals surface area contributed by atoms with Crippen LogP contribution in [0.2, 0.25) is 0 Å². The van der Waals surface area contributed by atoms with E-state index in [9.17, 15) is 18.0 Å². The average molecular weight is 577 g/mol. The van der Waals surface area contributed by atoms with Crippen LogP contribution in [0.1, 0.15) is 25.0 Å². The molecule has 1 aromatic carbocycles. The Morgan fingerprint density at radius 1 is 1.06 bits per heavy atom. The van der Waals surface area contributed by atoms with Crippen molar-refractivity contribution in [2.45, 2.75) is 39.2 Å². The Morgan fingerprint density at radius 3 is 2.27 bits per heavy atom. The molecule has 1 fully saturated rings. The van der Waals surface area contributed by atoms with E-state index in [1.54, 1.807) is 16.8 Å². The van der Waals surface area contributed by atoms with Gasteiger partial charge in [-0.25, -0.2) is 4.99 Å². The highest BCUT2D eigenvalue weighted by Crippen LogP contribution is 2.25. The molecular weight excluding hydrogens is 546 g/mol. The van der Waals surface area contributed by atoms with Gasteiger partial charge in [0.15, 0.2) is 5.96 Å². The van der Waals surface area contributed by atoms with Crippen LogP contribution in [0.5, 0.6) is 0 Å². The van der Waals surface area contributed by atoms with Crippen LogP contribution in [0.25, 0.3) is 0 Å². The maximum Gasteiger partial charge on any atom is 0.403 e. The van der Waals surface area contributed by atoms with Crippen molar-refractivity contribution >= 4 is 29.9 Å². The molecule has 33 heavy (non-hydrogen) atoms. The lowest BCUT2D eigenvalue weighted by Crippen LogP contribution is -2.56. The van der Waals surface area contributed by atoms with Crippen molar-refractivity contribution in [3.05, 3.63) is 70.1 Å². The third-order valence-electron chi connectivity index (χ3n) is 5.66. The Kier molecular flexibility index (Phi) is 10.2. The number of nitrogens with one attached hydrogen (secondary N) is 1. The summed E-state index contributed by atoms with van der Waals surface area (Å²) >= 11 is 0. The van der Waals surface area contributed by atoms with Crippen molar-refractivity contribution in [2.24, 2.45) is 4.99 Å². The Balaban J connectivity index is 0.00000385. The minimum Gasteiger partial charge on any atom is -0.357 e. The molecule has 0 amide bonds. The SMILES string of the molecule is CCNC(=NCc1ccc(Cn2ccccc2=O)cc1)N1CCN(C(C)C(F)(F)F)CC1.I. The molecule has 1 aromatic heterocycles. The number of piperazine rings is 1. The summed E-state index contributed by atoms with van der Waals surface area (Å²) in [6.45, 7) is 6.53. The standard InChI is InChI=1S/C23H30F3N5O.HI/c1-3-27-22(30-14-12-29(13-15-30)18(2)23(24,25)26)28-16-19-7-9-20(10-8-19)17-31-11-5-4-6-21(31)32;/h4-11,18H,3,12-17H2,1-2H3,(H,27,28);1H. The highest BCUT2D eigenvalue weighted by Gasteiger charge is 2.41. The van der Waals surface area contributed by atoms with Gasteiger partial charge in [0.05, 0.1) is 13.1 Å². The van der Waals surface area contributed by atoms with Gasteiger partial charge < -0.3 is 14.8 Å². The topological polar surface area (TPSA) is 52.9 Å². The molecule has 1 unspecified atom stereocenters. The van der Waals surface area contributed by atoms with Crippen molar-refractivity contribution < 1.29 is 13.2 Å². The number of hydrogen-bond acceptors (Lipinski definition) is 3. The van der Waals surface area contributed by atoms with Crippen LogP contribution in [-0.2, 0) is 13.1 Å². The van der Waals surface area contributed by atoms with Crippen molar-refractivity contribution in [3.8, 4) is 0 Å². The minimum atomic E-state index is -4.21. The number of alkyl halides is 3. The molecule has 0 aliphatic carbocycles. The van der Waals surface area contributed by atoms with Crippen LogP contribution >= 0.6 is 24.0 Å². The minimum absolute atomic E-state index is 0. The maximum atomic E-state index is 13.0. The van der Waals surface area contributed by atoms with Gasteiger partial charge in [-0.3, -0.25) is 9.69 Å². The number of benzene rings is 1. The largest absolute Gasteiger partial charge is 0.403 e. The summed E-state index contributed by atoms with van der Waals surface area (Å²) in [6.07, 6.45) is -2.44. The fraction of sp³-hybridized carbons (Fsp3) is 0.478. The highest BCUT2D eigenvalue weighted by atomic mass is 127. The summed E-state index contributed by atoms with van der Waals surface area (Å²) in [5, 5.41) is 3.24. The van der Waals surface area contributed by atoms with Gasteiger partial charge in [-0.1, -0.05) is 30.3 Å². The second-order valence-corrected chi connectivity index (χ2v) is 7.89. The Morgan fingerprint density at radius 2 is 1.70 bits per heavy atom. The quantitative estimate of drug-likeness (QED) is 0.325. The summed E-state index contributed by atoms with van der Waals surface area (Å²) in [7, 11) is 0. The molecule has 1 aliphatic rings. The average Bonchev–Trinajstić information content (AvgIpc) is 2.78. The molecule has 3 rings (SSSR count). The van der Waals surface area contributed by atoms with Crippen LogP contribution in [0.3, 0.4) is 0 Å². The summed E-state index contributed by atoms with van der Waals surface area (Å²) < 4.78 is 40.6. The molecule has 0 spiro atoms. The number of pyridine rings is 1. The van der Waals surface area contributed by atoms with Crippen LogP contribution in [0.15, 0.2) is 58.4 Å². The molecule has 1 aliphatic heterocycles. The zero-order valence-electron chi connectivity index (χ0n) is 18.9. The van der Waals surface area contributed by atoms with E-state index in [-0.39, 0.29) is 29.5 Å². The van der Waals surface area contributed by atoms with Crippen LogP contribution in [0.4, 0.5) is 13.2 Å². The van der Waals surface area contributed by atoms with E-state index in [2.05, 4.69) is 10.3 Å². The molecule has 2 heterocycles. The van der Waals surface area contributed by atoms with E-state index in [4.69, 9.17) is 0 Å². The van der Waals surface area contributed by atoms with Gasteiger partial charge in [0.1, 0.15) is 6.04 Å². The summed E-state index contributed by atoms with van der Waals surface area (Å²) in [4.78, 5) is 20.0. The first-order valence-electron chi connectivity index (χ1n) is 10.8. The normalized spacial score (nSPS) is 16.3. The van der Waals surface area contributed by atoms with E-state index < -0.39 is 12.2 Å². The molecule has 1 saturated heterocycles. The molecular formula is C23H31F3IN5O. The van der Waals surface area contributed by atoms with Crippen LogP contribution in [-0.4, -0.2) is 65.3 Å². The number of hydrogen-bond donors (Lipinski definition) is 1. The number of aliphatic imine (C=N–C) groups is 1. The lowest BCUT2D eigenvalue weighted by molar-refractivity contribution is -0.181. The zero-order chi connectivity index (χ0) is 23.1. The Bertz CT molecular complexity index is 954. The predicted molar refractivity (Wildman–Crippen MR) is 135 cm³/mol. The first-order valence-corrected chi connectivity index (χ1v) is 10.8. The third-order valence-corrected chi connectivity index (χ3v) is 5.66. The fourth-order valence-electron chi connectivity index (χ4n) is 3.66. The molecule has 182 valence electrons. The molecule has 10 heteroatoms. The number of rotatable bonds is 6. The summed E-state index contributed by atoms with van der Waals surface area (Å²) in [6, 6.07) is 11.6. The van der Waals surface area contributed by atoms with E-state index in [1.807, 2.05) is 42.2 Å². The predicted octanol–water partition coefficient (Wildman–Crippen LogP) is 3.55. The smallest absolute Gasteiger partial charge is 0.357 e. The zero-order valence-corrected chi connectivity index (χ0v) is 21.2. The third kappa shape index (κ3) is 7.73. The first kappa shape index (κ1) is 27.2. The Labute approximate surface area is 209 Å². The van der Waals surface area contributed by atoms with E-state index >= 15 is 0 Å². The fourth-order valence-corrected chi connectivity index (χ4v) is 3.66. The maximum absolute atomic E-state index is 13.0. The number of aromatic nitrogens is 1. The lowest BCUT2D eigenvalue weighted by atomic mass is 10.1. The van der Waals surface area contributed by atoms with Crippen LogP contribution < -0.4 is 10.9 Å². The van der Waals surface area contributed by atoms with Crippen molar-refractivity contribution in [1.82, 2.24) is 19.7 Å². The molecule has 0 bridgehead atoms. The van der Waals surface area contributed by atoms with Crippen molar-refractivity contribution in [2.75, 3.05) is 32.7 Å². The van der Waals surface area contributed by atoms with Gasteiger partial charge in [0, 0.05) is 45.0 Å².